The van der Waals surface area contributed by atoms with Crippen LogP contribution in [0.2, 0.25) is 0 Å². The Balaban J connectivity index is 2.66. The smallest absolute Gasteiger partial charge is 0.266 e. The number of hydrogen-bond donors (Lipinski definition) is 0. The van der Waals surface area contributed by atoms with Crippen molar-refractivity contribution in [3.8, 4) is 11.4 Å². The van der Waals surface area contributed by atoms with Crippen molar-refractivity contribution < 1.29 is 0 Å². The molecule has 18 heavy (non-hydrogen) atoms. The molecule has 0 aliphatic rings. The Bertz CT molecular complexity index is 615. The van der Waals surface area contributed by atoms with Gasteiger partial charge in [0, 0.05) is 36.8 Å². The van der Waals surface area contributed by atoms with E-state index >= 15 is 0 Å². The summed E-state index contributed by atoms with van der Waals surface area (Å²) >= 11 is 5.89. The maximum atomic E-state index is 11.6. The fraction of sp³-hybridized carbons (Fsp3) is 0.417. The molecule has 0 N–H and O–H groups in total. The molecule has 2 heterocycles. The lowest BCUT2D eigenvalue weighted by Gasteiger charge is -2.13. The normalized spacial score (nSPS) is 11.2. The lowest BCUT2D eigenvalue weighted by molar-refractivity contribution is 0.536. The fourth-order valence-corrected chi connectivity index (χ4v) is 2.01. The Morgan fingerprint density at radius 2 is 2.17 bits per heavy atom. The molecule has 0 radical (unpaired) electrons. The highest BCUT2D eigenvalue weighted by Crippen LogP contribution is 2.23. The number of halogens is 1. The zero-order valence-corrected chi connectivity index (χ0v) is 11.3. The first kappa shape index (κ1) is 12.8. The SMILES string of the molecule is CC(C)n1nccc1-c1nn(C)c(=O)cc1CCl. The van der Waals surface area contributed by atoms with Crippen molar-refractivity contribution in [1.29, 1.82) is 0 Å². The third kappa shape index (κ3) is 2.18. The topological polar surface area (TPSA) is 52.7 Å². The molecule has 6 heteroatoms. The second kappa shape index (κ2) is 4.94. The summed E-state index contributed by atoms with van der Waals surface area (Å²) < 4.78 is 3.17. The highest BCUT2D eigenvalue weighted by Gasteiger charge is 2.14. The number of aromatic nitrogens is 4. The second-order valence-electron chi connectivity index (χ2n) is 4.37. The molecular weight excluding hydrogens is 252 g/mol. The highest BCUT2D eigenvalue weighted by atomic mass is 35.5. The van der Waals surface area contributed by atoms with Crippen LogP contribution in [0.4, 0.5) is 0 Å². The third-order valence-electron chi connectivity index (χ3n) is 2.72. The van der Waals surface area contributed by atoms with Crippen molar-refractivity contribution in [1.82, 2.24) is 19.6 Å². The number of rotatable bonds is 3. The summed E-state index contributed by atoms with van der Waals surface area (Å²) in [5.41, 5.74) is 2.14. The van der Waals surface area contributed by atoms with E-state index in [0.717, 1.165) is 11.3 Å². The molecule has 0 atom stereocenters. The molecule has 0 bridgehead atoms. The molecule has 0 spiro atoms. The molecule has 0 aliphatic carbocycles. The molecule has 2 aromatic rings. The Labute approximate surface area is 110 Å². The van der Waals surface area contributed by atoms with Gasteiger partial charge in [-0.2, -0.15) is 10.2 Å². The molecule has 2 aromatic heterocycles. The first-order valence-corrected chi connectivity index (χ1v) is 6.25. The molecular formula is C12H15ClN4O. The van der Waals surface area contributed by atoms with E-state index in [-0.39, 0.29) is 17.5 Å². The van der Waals surface area contributed by atoms with Crippen LogP contribution in [0.5, 0.6) is 0 Å². The van der Waals surface area contributed by atoms with E-state index in [0.29, 0.717) is 5.69 Å². The van der Waals surface area contributed by atoms with Crippen molar-refractivity contribution in [3.63, 3.8) is 0 Å². The van der Waals surface area contributed by atoms with Crippen LogP contribution in [-0.4, -0.2) is 19.6 Å². The van der Waals surface area contributed by atoms with Gasteiger partial charge in [-0.05, 0) is 19.9 Å². The van der Waals surface area contributed by atoms with Gasteiger partial charge < -0.3 is 0 Å². The Hall–Kier alpha value is -1.62. The number of hydrogen-bond acceptors (Lipinski definition) is 3. The van der Waals surface area contributed by atoms with Gasteiger partial charge in [-0.1, -0.05) is 0 Å². The minimum atomic E-state index is -0.162. The monoisotopic (exact) mass is 266 g/mol. The summed E-state index contributed by atoms with van der Waals surface area (Å²) in [5, 5.41) is 8.55. The van der Waals surface area contributed by atoms with Crippen molar-refractivity contribution in [3.05, 3.63) is 34.2 Å². The lowest BCUT2D eigenvalue weighted by Crippen LogP contribution is -2.21. The molecule has 0 aliphatic heterocycles. The highest BCUT2D eigenvalue weighted by molar-refractivity contribution is 6.17. The summed E-state index contributed by atoms with van der Waals surface area (Å²) in [4.78, 5) is 11.6. The molecule has 0 aromatic carbocycles. The predicted molar refractivity (Wildman–Crippen MR) is 70.6 cm³/mol. The summed E-state index contributed by atoms with van der Waals surface area (Å²) in [6.45, 7) is 4.08. The van der Waals surface area contributed by atoms with Crippen LogP contribution < -0.4 is 5.56 Å². The number of nitrogens with zero attached hydrogens (tertiary/aromatic N) is 4. The summed E-state index contributed by atoms with van der Waals surface area (Å²) in [6.07, 6.45) is 1.72. The largest absolute Gasteiger partial charge is 0.268 e. The van der Waals surface area contributed by atoms with E-state index in [1.165, 1.54) is 10.7 Å². The average molecular weight is 267 g/mol. The van der Waals surface area contributed by atoms with Gasteiger partial charge in [-0.3, -0.25) is 9.48 Å². The van der Waals surface area contributed by atoms with Crippen LogP contribution in [-0.2, 0) is 12.9 Å². The maximum absolute atomic E-state index is 11.6. The van der Waals surface area contributed by atoms with E-state index in [9.17, 15) is 4.79 Å². The quantitative estimate of drug-likeness (QED) is 0.798. The van der Waals surface area contributed by atoms with Gasteiger partial charge in [0.25, 0.3) is 5.56 Å². The van der Waals surface area contributed by atoms with Crippen molar-refractivity contribution >= 4 is 11.6 Å². The van der Waals surface area contributed by atoms with Crippen molar-refractivity contribution in [2.75, 3.05) is 0 Å². The minimum absolute atomic E-state index is 0.162. The maximum Gasteiger partial charge on any atom is 0.266 e. The van der Waals surface area contributed by atoms with Gasteiger partial charge in [0.2, 0.25) is 0 Å². The van der Waals surface area contributed by atoms with Gasteiger partial charge in [-0.15, -0.1) is 11.6 Å². The third-order valence-corrected chi connectivity index (χ3v) is 3.00. The molecule has 0 fully saturated rings. The Morgan fingerprint density at radius 1 is 1.44 bits per heavy atom. The van der Waals surface area contributed by atoms with E-state index in [2.05, 4.69) is 10.2 Å². The summed E-state index contributed by atoms with van der Waals surface area (Å²) in [6, 6.07) is 3.62. The van der Waals surface area contributed by atoms with Crippen molar-refractivity contribution in [2.24, 2.45) is 7.05 Å². The van der Waals surface area contributed by atoms with Gasteiger partial charge in [0.05, 0.1) is 5.69 Å². The van der Waals surface area contributed by atoms with E-state index in [1.807, 2.05) is 24.6 Å². The molecule has 5 nitrogen and oxygen atoms in total. The van der Waals surface area contributed by atoms with Gasteiger partial charge >= 0.3 is 0 Å². The Kier molecular flexibility index (Phi) is 3.52. The van der Waals surface area contributed by atoms with Gasteiger partial charge in [0.15, 0.2) is 0 Å². The average Bonchev–Trinajstić information content (AvgIpc) is 2.81. The molecule has 0 saturated carbocycles. The molecule has 0 saturated heterocycles. The molecule has 0 unspecified atom stereocenters. The van der Waals surface area contributed by atoms with Crippen LogP contribution in [0.25, 0.3) is 11.4 Å². The fourth-order valence-electron chi connectivity index (χ4n) is 1.81. The zero-order chi connectivity index (χ0) is 13.3. The van der Waals surface area contributed by atoms with Crippen LogP contribution >= 0.6 is 11.6 Å². The second-order valence-corrected chi connectivity index (χ2v) is 4.64. The first-order chi connectivity index (χ1) is 8.54. The Morgan fingerprint density at radius 3 is 2.78 bits per heavy atom. The molecule has 0 amide bonds. The van der Waals surface area contributed by atoms with Crippen LogP contribution in [0.3, 0.4) is 0 Å². The van der Waals surface area contributed by atoms with Gasteiger partial charge in [-0.25, -0.2) is 4.68 Å². The summed E-state index contributed by atoms with van der Waals surface area (Å²) in [7, 11) is 1.62. The van der Waals surface area contributed by atoms with Crippen LogP contribution in [0.1, 0.15) is 25.5 Å². The lowest BCUT2D eigenvalue weighted by atomic mass is 10.2. The molecule has 96 valence electrons. The van der Waals surface area contributed by atoms with Crippen LogP contribution in [0.15, 0.2) is 23.1 Å². The van der Waals surface area contributed by atoms with E-state index < -0.39 is 0 Å². The van der Waals surface area contributed by atoms with Gasteiger partial charge in [0.1, 0.15) is 5.69 Å². The van der Waals surface area contributed by atoms with E-state index in [4.69, 9.17) is 11.6 Å². The number of aryl methyl sites for hydroxylation is 1. The predicted octanol–water partition coefficient (Wildman–Crippen LogP) is 1.96. The van der Waals surface area contributed by atoms with E-state index in [1.54, 1.807) is 13.2 Å². The van der Waals surface area contributed by atoms with Crippen LogP contribution in [0, 0.1) is 0 Å². The minimum Gasteiger partial charge on any atom is -0.268 e. The zero-order valence-electron chi connectivity index (χ0n) is 10.6. The number of alkyl halides is 1. The molecule has 2 rings (SSSR count). The summed E-state index contributed by atoms with van der Waals surface area (Å²) in [5.74, 6) is 0.252. The standard InChI is InChI=1S/C12H15ClN4O/c1-8(2)17-10(4-5-14-17)12-9(7-13)6-11(18)16(3)15-12/h4-6,8H,7H2,1-3H3. The first-order valence-electron chi connectivity index (χ1n) is 5.71. The van der Waals surface area contributed by atoms with Crippen molar-refractivity contribution in [2.45, 2.75) is 25.8 Å².